The normalized spacial score (nSPS) is 18.2. The van der Waals surface area contributed by atoms with Gasteiger partial charge in [0.15, 0.2) is 0 Å². The lowest BCUT2D eigenvalue weighted by Gasteiger charge is -2.27. The van der Waals surface area contributed by atoms with Crippen molar-refractivity contribution in [1.82, 2.24) is 5.32 Å². The predicted octanol–water partition coefficient (Wildman–Crippen LogP) is 2.39. The second-order valence-corrected chi connectivity index (χ2v) is 5.44. The number of hydrogen-bond donors (Lipinski definition) is 2. The van der Waals surface area contributed by atoms with E-state index in [0.29, 0.717) is 19.1 Å². The molecule has 0 aromatic rings. The fraction of sp³-hybridized carbons (Fsp3) is 0.933. The van der Waals surface area contributed by atoms with Crippen LogP contribution in [0.1, 0.15) is 64.7 Å². The van der Waals surface area contributed by atoms with Gasteiger partial charge in [0.1, 0.15) is 6.04 Å². The van der Waals surface area contributed by atoms with E-state index in [1.165, 1.54) is 19.3 Å². The summed E-state index contributed by atoms with van der Waals surface area (Å²) < 4.78 is 5.29. The number of rotatable bonds is 9. The zero-order chi connectivity index (χ0) is 13.9. The highest BCUT2D eigenvalue weighted by Gasteiger charge is 2.23. The third-order valence-electron chi connectivity index (χ3n) is 3.74. The van der Waals surface area contributed by atoms with Crippen molar-refractivity contribution in [2.24, 2.45) is 0 Å². The fourth-order valence-electron chi connectivity index (χ4n) is 2.58. The van der Waals surface area contributed by atoms with E-state index in [-0.39, 0.29) is 18.6 Å². The molecular weight excluding hydrogens is 242 g/mol. The van der Waals surface area contributed by atoms with E-state index in [2.05, 4.69) is 12.2 Å². The van der Waals surface area contributed by atoms with Crippen molar-refractivity contribution in [2.45, 2.75) is 76.8 Å². The molecule has 19 heavy (non-hydrogen) atoms. The summed E-state index contributed by atoms with van der Waals surface area (Å²) in [5.41, 5.74) is 0. The van der Waals surface area contributed by atoms with Crippen molar-refractivity contribution in [3.05, 3.63) is 0 Å². The molecule has 0 amide bonds. The molecule has 0 heterocycles. The maximum absolute atomic E-state index is 12.0. The Bertz CT molecular complexity index is 240. The second kappa shape index (κ2) is 10.2. The third kappa shape index (κ3) is 6.92. The first-order chi connectivity index (χ1) is 9.27. The van der Waals surface area contributed by atoms with E-state index in [1.54, 1.807) is 0 Å². The van der Waals surface area contributed by atoms with Gasteiger partial charge in [-0.15, -0.1) is 0 Å². The topological polar surface area (TPSA) is 58.6 Å². The molecule has 112 valence electrons. The maximum atomic E-state index is 12.0. The molecule has 0 spiro atoms. The number of aliphatic hydroxyl groups excluding tert-OH is 1. The van der Waals surface area contributed by atoms with Crippen molar-refractivity contribution in [3.8, 4) is 0 Å². The van der Waals surface area contributed by atoms with Gasteiger partial charge in [0.2, 0.25) is 0 Å². The van der Waals surface area contributed by atoms with E-state index in [4.69, 9.17) is 9.84 Å². The van der Waals surface area contributed by atoms with Gasteiger partial charge >= 0.3 is 5.97 Å². The lowest BCUT2D eigenvalue weighted by molar-refractivity contribution is -0.147. The monoisotopic (exact) mass is 271 g/mol. The fourth-order valence-corrected chi connectivity index (χ4v) is 2.58. The van der Waals surface area contributed by atoms with Crippen molar-refractivity contribution in [3.63, 3.8) is 0 Å². The number of carbonyl (C=O) groups excluding carboxylic acids is 1. The van der Waals surface area contributed by atoms with Crippen LogP contribution < -0.4 is 5.32 Å². The largest absolute Gasteiger partial charge is 0.465 e. The van der Waals surface area contributed by atoms with Crippen LogP contribution in [-0.4, -0.2) is 36.4 Å². The minimum Gasteiger partial charge on any atom is -0.465 e. The van der Waals surface area contributed by atoms with Crippen LogP contribution in [0.5, 0.6) is 0 Å². The van der Waals surface area contributed by atoms with Crippen molar-refractivity contribution in [1.29, 1.82) is 0 Å². The Kier molecular flexibility index (Phi) is 8.84. The Morgan fingerprint density at radius 1 is 1.32 bits per heavy atom. The van der Waals surface area contributed by atoms with Crippen molar-refractivity contribution in [2.75, 3.05) is 13.2 Å². The van der Waals surface area contributed by atoms with Crippen LogP contribution in [0.25, 0.3) is 0 Å². The third-order valence-corrected chi connectivity index (χ3v) is 3.74. The summed E-state index contributed by atoms with van der Waals surface area (Å²) in [5.74, 6) is -0.198. The van der Waals surface area contributed by atoms with Gasteiger partial charge in [-0.25, -0.2) is 0 Å². The van der Waals surface area contributed by atoms with Gasteiger partial charge < -0.3 is 15.2 Å². The summed E-state index contributed by atoms with van der Waals surface area (Å²) >= 11 is 0. The van der Waals surface area contributed by atoms with Gasteiger partial charge in [-0.1, -0.05) is 39.0 Å². The average Bonchev–Trinajstić information content (AvgIpc) is 2.44. The van der Waals surface area contributed by atoms with Crippen LogP contribution in [0.15, 0.2) is 0 Å². The Labute approximate surface area is 116 Å². The summed E-state index contributed by atoms with van der Waals surface area (Å²) in [6.07, 6.45) is 9.61. The molecule has 1 saturated carbocycles. The molecular formula is C15H29NO3. The number of carbonyl (C=O) groups is 1. The number of esters is 1. The zero-order valence-electron chi connectivity index (χ0n) is 12.2. The van der Waals surface area contributed by atoms with Gasteiger partial charge in [0.25, 0.3) is 0 Å². The summed E-state index contributed by atoms with van der Waals surface area (Å²) in [7, 11) is 0. The van der Waals surface area contributed by atoms with E-state index >= 15 is 0 Å². The molecule has 2 N–H and O–H groups in total. The molecule has 0 saturated heterocycles. The highest BCUT2D eigenvalue weighted by molar-refractivity contribution is 5.75. The lowest BCUT2D eigenvalue weighted by Crippen LogP contribution is -2.45. The number of ether oxygens (including phenoxy) is 1. The summed E-state index contributed by atoms with van der Waals surface area (Å²) in [5, 5.41) is 12.4. The quantitative estimate of drug-likeness (QED) is 0.499. The molecule has 1 unspecified atom stereocenters. The summed E-state index contributed by atoms with van der Waals surface area (Å²) in [6.45, 7) is 2.65. The predicted molar refractivity (Wildman–Crippen MR) is 76.0 cm³/mol. The summed E-state index contributed by atoms with van der Waals surface area (Å²) in [6, 6.07) is 0.0724. The van der Waals surface area contributed by atoms with Crippen LogP contribution in [0.4, 0.5) is 0 Å². The summed E-state index contributed by atoms with van der Waals surface area (Å²) in [4.78, 5) is 12.0. The Morgan fingerprint density at radius 3 is 2.68 bits per heavy atom. The van der Waals surface area contributed by atoms with Crippen LogP contribution in [-0.2, 0) is 9.53 Å². The van der Waals surface area contributed by atoms with E-state index in [0.717, 1.165) is 32.1 Å². The van der Waals surface area contributed by atoms with Gasteiger partial charge in [-0.05, 0) is 25.7 Å². The molecule has 0 aromatic carbocycles. The first-order valence-corrected chi connectivity index (χ1v) is 7.81. The van der Waals surface area contributed by atoms with E-state index < -0.39 is 0 Å². The highest BCUT2D eigenvalue weighted by Crippen LogP contribution is 2.18. The molecule has 1 aliphatic carbocycles. The smallest absolute Gasteiger partial charge is 0.323 e. The minimum atomic E-state index is -0.338. The first kappa shape index (κ1) is 16.4. The Hall–Kier alpha value is -0.610. The number of nitrogens with one attached hydrogen (secondary N) is 1. The standard InChI is InChI=1S/C15H29NO3/c1-2-3-7-12-19-15(18)14(10-11-17)16-13-8-5-4-6-9-13/h13-14,16-17H,2-12H2,1H3. The molecule has 1 rings (SSSR count). The van der Waals surface area contributed by atoms with E-state index in [1.807, 2.05) is 0 Å². The Balaban J connectivity index is 2.30. The molecule has 4 nitrogen and oxygen atoms in total. The molecule has 0 bridgehead atoms. The Morgan fingerprint density at radius 2 is 2.05 bits per heavy atom. The molecule has 0 aromatic heterocycles. The van der Waals surface area contributed by atoms with Gasteiger partial charge in [0, 0.05) is 12.6 Å². The molecule has 4 heteroatoms. The van der Waals surface area contributed by atoms with Gasteiger partial charge in [0.05, 0.1) is 6.61 Å². The molecule has 0 aliphatic heterocycles. The lowest BCUT2D eigenvalue weighted by atomic mass is 9.94. The second-order valence-electron chi connectivity index (χ2n) is 5.44. The van der Waals surface area contributed by atoms with Crippen LogP contribution in [0, 0.1) is 0 Å². The zero-order valence-corrected chi connectivity index (χ0v) is 12.2. The molecule has 1 fully saturated rings. The maximum Gasteiger partial charge on any atom is 0.323 e. The number of unbranched alkanes of at least 4 members (excludes halogenated alkanes) is 2. The van der Waals surface area contributed by atoms with E-state index in [9.17, 15) is 4.79 Å². The molecule has 1 atom stereocenters. The minimum absolute atomic E-state index is 0.0223. The SMILES string of the molecule is CCCCCOC(=O)C(CCO)NC1CCCCC1. The molecule has 1 aliphatic rings. The van der Waals surface area contributed by atoms with Crippen LogP contribution in [0.2, 0.25) is 0 Å². The highest BCUT2D eigenvalue weighted by atomic mass is 16.5. The van der Waals surface area contributed by atoms with Crippen molar-refractivity contribution >= 4 is 5.97 Å². The van der Waals surface area contributed by atoms with Gasteiger partial charge in [-0.2, -0.15) is 0 Å². The van der Waals surface area contributed by atoms with Crippen LogP contribution in [0.3, 0.4) is 0 Å². The molecule has 0 radical (unpaired) electrons. The number of hydrogen-bond acceptors (Lipinski definition) is 4. The van der Waals surface area contributed by atoms with Gasteiger partial charge in [-0.3, -0.25) is 4.79 Å². The van der Waals surface area contributed by atoms with Crippen molar-refractivity contribution < 1.29 is 14.6 Å². The number of aliphatic hydroxyl groups is 1. The van der Waals surface area contributed by atoms with Crippen LogP contribution >= 0.6 is 0 Å². The first-order valence-electron chi connectivity index (χ1n) is 7.81. The average molecular weight is 271 g/mol.